The zero-order valence-corrected chi connectivity index (χ0v) is 19.8. The Morgan fingerprint density at radius 1 is 0.971 bits per heavy atom. The van der Waals surface area contributed by atoms with E-state index in [0.717, 1.165) is 42.5 Å². The predicted octanol–water partition coefficient (Wildman–Crippen LogP) is 4.80. The van der Waals surface area contributed by atoms with Crippen molar-refractivity contribution >= 4 is 29.1 Å². The van der Waals surface area contributed by atoms with Gasteiger partial charge in [0.1, 0.15) is 18.5 Å². The van der Waals surface area contributed by atoms with Crippen molar-refractivity contribution in [2.45, 2.75) is 6.10 Å². The average molecular weight is 477 g/mol. The Morgan fingerprint density at radius 3 is 2.47 bits per heavy atom. The van der Waals surface area contributed by atoms with Crippen LogP contribution in [0, 0.1) is 0 Å². The molecule has 0 radical (unpaired) electrons. The van der Waals surface area contributed by atoms with Gasteiger partial charge in [-0.15, -0.1) is 0 Å². The van der Waals surface area contributed by atoms with E-state index in [1.807, 2.05) is 66.7 Å². The summed E-state index contributed by atoms with van der Waals surface area (Å²) in [5, 5.41) is 11.3. The van der Waals surface area contributed by atoms with Crippen LogP contribution in [0.1, 0.15) is 15.9 Å². The monoisotopic (exact) mass is 476 g/mol. The van der Waals surface area contributed by atoms with Crippen molar-refractivity contribution in [3.8, 4) is 5.75 Å². The maximum atomic E-state index is 12.3. The summed E-state index contributed by atoms with van der Waals surface area (Å²) in [6.07, 6.45) is 2.74. The topological polar surface area (TPSA) is 53.0 Å². The summed E-state index contributed by atoms with van der Waals surface area (Å²) in [6, 6.07) is 24.6. The van der Waals surface area contributed by atoms with Crippen molar-refractivity contribution in [1.29, 1.82) is 0 Å². The Morgan fingerprint density at radius 2 is 1.71 bits per heavy atom. The molecule has 1 atom stereocenters. The van der Waals surface area contributed by atoms with E-state index in [2.05, 4.69) is 9.80 Å². The summed E-state index contributed by atoms with van der Waals surface area (Å²) in [5.41, 5.74) is 2.58. The molecule has 0 saturated carbocycles. The Balaban J connectivity index is 1.23. The normalized spacial score (nSPS) is 15.4. The minimum absolute atomic E-state index is 0.0445. The minimum Gasteiger partial charge on any atom is -0.491 e. The summed E-state index contributed by atoms with van der Waals surface area (Å²) in [6.45, 7) is 4.22. The predicted molar refractivity (Wildman–Crippen MR) is 138 cm³/mol. The molecular formula is C28H29ClN2O3. The van der Waals surface area contributed by atoms with Gasteiger partial charge >= 0.3 is 0 Å². The number of nitrogens with zero attached hydrogens (tertiary/aromatic N) is 2. The molecule has 1 aliphatic heterocycles. The van der Waals surface area contributed by atoms with Crippen molar-refractivity contribution in [2.24, 2.45) is 0 Å². The summed E-state index contributed by atoms with van der Waals surface area (Å²) in [4.78, 5) is 16.8. The zero-order chi connectivity index (χ0) is 23.8. The highest BCUT2D eigenvalue weighted by atomic mass is 35.5. The lowest BCUT2D eigenvalue weighted by Crippen LogP contribution is -2.49. The first-order chi connectivity index (χ1) is 16.6. The van der Waals surface area contributed by atoms with Crippen LogP contribution in [0.3, 0.4) is 0 Å². The molecule has 3 aromatic rings. The zero-order valence-electron chi connectivity index (χ0n) is 19.0. The number of aliphatic hydroxyl groups is 1. The Bertz CT molecular complexity index is 1110. The SMILES string of the molecule is O=C(/C=C/c1cccc(OCC(O)CN2CCN(c3ccccc3Cl)CC2)c1)c1ccccc1. The van der Waals surface area contributed by atoms with E-state index < -0.39 is 6.10 Å². The molecule has 3 aromatic carbocycles. The van der Waals surface area contributed by atoms with Gasteiger partial charge in [-0.05, 0) is 35.9 Å². The molecule has 0 aliphatic carbocycles. The molecule has 1 N–H and O–H groups in total. The van der Waals surface area contributed by atoms with Crippen LogP contribution in [0.25, 0.3) is 6.08 Å². The number of anilines is 1. The van der Waals surface area contributed by atoms with Gasteiger partial charge in [0.05, 0.1) is 10.7 Å². The van der Waals surface area contributed by atoms with Gasteiger partial charge in [-0.2, -0.15) is 0 Å². The molecule has 176 valence electrons. The molecule has 0 bridgehead atoms. The molecule has 0 amide bonds. The van der Waals surface area contributed by atoms with Crippen molar-refractivity contribution in [3.05, 3.63) is 101 Å². The number of hydrogen-bond donors (Lipinski definition) is 1. The third-order valence-corrected chi connectivity index (χ3v) is 6.14. The van der Waals surface area contributed by atoms with Gasteiger partial charge < -0.3 is 14.7 Å². The third kappa shape index (κ3) is 6.70. The number of piperazine rings is 1. The molecule has 1 aliphatic rings. The summed E-state index contributed by atoms with van der Waals surface area (Å²) >= 11 is 6.32. The molecule has 1 saturated heterocycles. The van der Waals surface area contributed by atoms with E-state index in [4.69, 9.17) is 16.3 Å². The fourth-order valence-electron chi connectivity index (χ4n) is 4.00. The first-order valence-electron chi connectivity index (χ1n) is 11.5. The standard InChI is InChI=1S/C28H29ClN2O3/c29-26-11-4-5-12-27(26)31-17-15-30(16-18-31)20-24(32)21-34-25-10-6-7-22(19-25)13-14-28(33)23-8-2-1-3-9-23/h1-14,19,24,32H,15-18,20-21H2/b14-13+. The van der Waals surface area contributed by atoms with Crippen molar-refractivity contribution < 1.29 is 14.6 Å². The Labute approximate surface area is 205 Å². The summed E-state index contributed by atoms with van der Waals surface area (Å²) in [7, 11) is 0. The van der Waals surface area contributed by atoms with Crippen LogP contribution in [-0.2, 0) is 0 Å². The second kappa shape index (κ2) is 11.8. The van der Waals surface area contributed by atoms with Crippen LogP contribution in [0.15, 0.2) is 84.9 Å². The molecule has 1 fully saturated rings. The molecule has 0 aromatic heterocycles. The maximum absolute atomic E-state index is 12.3. The first-order valence-corrected chi connectivity index (χ1v) is 11.9. The second-order valence-electron chi connectivity index (χ2n) is 8.34. The number of hydrogen-bond acceptors (Lipinski definition) is 5. The number of β-amino-alcohol motifs (C(OH)–C–C–N with tert-alkyl or cyclic N) is 1. The number of carbonyl (C=O) groups is 1. The Kier molecular flexibility index (Phi) is 8.36. The van der Waals surface area contributed by atoms with Gasteiger partial charge in [-0.3, -0.25) is 9.69 Å². The number of aliphatic hydroxyl groups excluding tert-OH is 1. The van der Waals surface area contributed by atoms with E-state index >= 15 is 0 Å². The van der Waals surface area contributed by atoms with Crippen LogP contribution in [0.5, 0.6) is 5.75 Å². The summed E-state index contributed by atoms with van der Waals surface area (Å²) in [5.74, 6) is 0.619. The number of halogens is 1. The van der Waals surface area contributed by atoms with Crippen LogP contribution in [-0.4, -0.2) is 61.2 Å². The quantitative estimate of drug-likeness (QED) is 0.355. The summed E-state index contributed by atoms with van der Waals surface area (Å²) < 4.78 is 5.82. The lowest BCUT2D eigenvalue weighted by molar-refractivity contribution is 0.0663. The first kappa shape index (κ1) is 24.0. The van der Waals surface area contributed by atoms with Crippen LogP contribution < -0.4 is 9.64 Å². The van der Waals surface area contributed by atoms with Crippen LogP contribution >= 0.6 is 11.6 Å². The van der Waals surface area contributed by atoms with Crippen molar-refractivity contribution in [1.82, 2.24) is 4.90 Å². The highest BCUT2D eigenvalue weighted by Gasteiger charge is 2.20. The van der Waals surface area contributed by atoms with E-state index in [-0.39, 0.29) is 12.4 Å². The molecular weight excluding hydrogens is 448 g/mol. The number of rotatable bonds is 9. The fourth-order valence-corrected chi connectivity index (χ4v) is 4.26. The van der Waals surface area contributed by atoms with E-state index in [1.54, 1.807) is 24.3 Å². The molecule has 0 spiro atoms. The number of allylic oxidation sites excluding steroid dienone is 1. The van der Waals surface area contributed by atoms with Gasteiger partial charge in [0.25, 0.3) is 0 Å². The maximum Gasteiger partial charge on any atom is 0.185 e. The smallest absolute Gasteiger partial charge is 0.185 e. The highest BCUT2D eigenvalue weighted by molar-refractivity contribution is 6.33. The van der Waals surface area contributed by atoms with Crippen molar-refractivity contribution in [2.75, 3.05) is 44.2 Å². The van der Waals surface area contributed by atoms with Gasteiger partial charge in [0, 0.05) is 38.3 Å². The molecule has 4 rings (SSSR count). The lowest BCUT2D eigenvalue weighted by atomic mass is 10.1. The average Bonchev–Trinajstić information content (AvgIpc) is 2.88. The number of para-hydroxylation sites is 1. The molecule has 1 heterocycles. The van der Waals surface area contributed by atoms with E-state index in [1.165, 1.54) is 0 Å². The Hall–Kier alpha value is -3.12. The van der Waals surface area contributed by atoms with E-state index in [0.29, 0.717) is 17.9 Å². The third-order valence-electron chi connectivity index (χ3n) is 5.82. The van der Waals surface area contributed by atoms with Gasteiger partial charge in [0.2, 0.25) is 0 Å². The van der Waals surface area contributed by atoms with E-state index in [9.17, 15) is 9.90 Å². The molecule has 34 heavy (non-hydrogen) atoms. The van der Waals surface area contributed by atoms with Gasteiger partial charge in [-0.25, -0.2) is 0 Å². The lowest BCUT2D eigenvalue weighted by Gasteiger charge is -2.37. The molecule has 6 heteroatoms. The molecule has 5 nitrogen and oxygen atoms in total. The highest BCUT2D eigenvalue weighted by Crippen LogP contribution is 2.26. The minimum atomic E-state index is -0.592. The fraction of sp³-hybridized carbons (Fsp3) is 0.250. The van der Waals surface area contributed by atoms with Gasteiger partial charge in [-0.1, -0.05) is 72.3 Å². The van der Waals surface area contributed by atoms with Crippen LogP contribution in [0.4, 0.5) is 5.69 Å². The number of benzene rings is 3. The number of carbonyl (C=O) groups excluding carboxylic acids is 1. The number of ether oxygens (including phenoxy) is 1. The second-order valence-corrected chi connectivity index (χ2v) is 8.75. The van der Waals surface area contributed by atoms with Crippen molar-refractivity contribution in [3.63, 3.8) is 0 Å². The van der Waals surface area contributed by atoms with Crippen LogP contribution in [0.2, 0.25) is 5.02 Å². The van der Waals surface area contributed by atoms with Gasteiger partial charge in [0.15, 0.2) is 5.78 Å². The molecule has 1 unspecified atom stereocenters. The largest absolute Gasteiger partial charge is 0.491 e. The number of ketones is 1.